The quantitative estimate of drug-likeness (QED) is 0.735. The van der Waals surface area contributed by atoms with Crippen LogP contribution in [0.1, 0.15) is 48.8 Å². The van der Waals surface area contributed by atoms with Crippen molar-refractivity contribution in [2.75, 3.05) is 6.54 Å². The number of hydrogen-bond acceptors (Lipinski definition) is 3. The zero-order valence-electron chi connectivity index (χ0n) is 14.4. The smallest absolute Gasteiger partial charge is 0.303 e. The molecule has 0 saturated heterocycles. The van der Waals surface area contributed by atoms with Crippen LogP contribution in [0, 0.1) is 0 Å². The van der Waals surface area contributed by atoms with Gasteiger partial charge >= 0.3 is 5.97 Å². The van der Waals surface area contributed by atoms with Crippen molar-refractivity contribution >= 4 is 11.9 Å². The van der Waals surface area contributed by atoms with E-state index in [1.165, 1.54) is 6.92 Å². The third-order valence-electron chi connectivity index (χ3n) is 4.14. The Kier molecular flexibility index (Phi) is 7.14. The molecule has 25 heavy (non-hydrogen) atoms. The lowest BCUT2D eigenvalue weighted by Crippen LogP contribution is -2.22. The fourth-order valence-corrected chi connectivity index (χ4v) is 2.86. The second kappa shape index (κ2) is 9.57. The summed E-state index contributed by atoms with van der Waals surface area (Å²) in [6.07, 6.45) is 5.93. The molecule has 0 fully saturated rings. The van der Waals surface area contributed by atoms with E-state index in [1.54, 1.807) is 6.20 Å². The number of nitrogens with zero attached hydrogens (tertiary/aromatic N) is 1. The summed E-state index contributed by atoms with van der Waals surface area (Å²) in [7, 11) is 0. The molecule has 0 aliphatic carbocycles. The van der Waals surface area contributed by atoms with Gasteiger partial charge in [0.15, 0.2) is 0 Å². The number of rotatable bonds is 9. The van der Waals surface area contributed by atoms with Crippen molar-refractivity contribution in [3.05, 3.63) is 65.5 Å². The predicted molar refractivity (Wildman–Crippen MR) is 96.4 cm³/mol. The number of aliphatic carboxylic acids is 1. The van der Waals surface area contributed by atoms with Gasteiger partial charge in [-0.2, -0.15) is 0 Å². The van der Waals surface area contributed by atoms with Gasteiger partial charge in [-0.05, 0) is 42.0 Å². The number of aromatic nitrogens is 1. The first-order chi connectivity index (χ1) is 12.1. The normalized spacial score (nSPS) is 11.7. The van der Waals surface area contributed by atoms with Crippen LogP contribution in [0.25, 0.3) is 0 Å². The van der Waals surface area contributed by atoms with Gasteiger partial charge in [0.25, 0.3) is 0 Å². The molecule has 1 heterocycles. The molecular formula is C20H24N2O3. The highest BCUT2D eigenvalue weighted by atomic mass is 16.4. The van der Waals surface area contributed by atoms with Gasteiger partial charge < -0.3 is 10.4 Å². The van der Waals surface area contributed by atoms with Gasteiger partial charge in [0.2, 0.25) is 5.91 Å². The van der Waals surface area contributed by atoms with Gasteiger partial charge in [-0.25, -0.2) is 0 Å². The third-order valence-corrected chi connectivity index (χ3v) is 4.14. The summed E-state index contributed by atoms with van der Waals surface area (Å²) < 4.78 is 0. The first kappa shape index (κ1) is 18.6. The van der Waals surface area contributed by atoms with Gasteiger partial charge in [-0.3, -0.25) is 14.6 Å². The number of benzene rings is 1. The molecule has 1 amide bonds. The largest absolute Gasteiger partial charge is 0.481 e. The van der Waals surface area contributed by atoms with Crippen molar-refractivity contribution in [3.63, 3.8) is 0 Å². The number of carbonyl (C=O) groups is 2. The molecule has 5 heteroatoms. The molecule has 0 aliphatic heterocycles. The number of carbonyl (C=O) groups excluding carboxylic acids is 1. The van der Waals surface area contributed by atoms with Crippen molar-refractivity contribution in [3.8, 4) is 0 Å². The molecule has 0 radical (unpaired) electrons. The van der Waals surface area contributed by atoms with E-state index in [9.17, 15) is 9.59 Å². The minimum Gasteiger partial charge on any atom is -0.481 e. The summed E-state index contributed by atoms with van der Waals surface area (Å²) in [5.41, 5.74) is 3.41. The van der Waals surface area contributed by atoms with E-state index in [2.05, 4.69) is 34.6 Å². The first-order valence-electron chi connectivity index (χ1n) is 8.51. The highest BCUT2D eigenvalue weighted by Crippen LogP contribution is 2.29. The Balaban J connectivity index is 2.08. The van der Waals surface area contributed by atoms with Gasteiger partial charge in [-0.1, -0.05) is 30.3 Å². The lowest BCUT2D eigenvalue weighted by molar-refractivity contribution is -0.137. The van der Waals surface area contributed by atoms with Crippen LogP contribution in [0.4, 0.5) is 0 Å². The molecule has 132 valence electrons. The van der Waals surface area contributed by atoms with Crippen LogP contribution in [0.3, 0.4) is 0 Å². The average molecular weight is 340 g/mol. The number of carboxylic acid groups (broad SMARTS) is 1. The molecule has 2 N–H and O–H groups in total. The summed E-state index contributed by atoms with van der Waals surface area (Å²) in [5.74, 6) is -0.651. The van der Waals surface area contributed by atoms with Gasteiger partial charge in [0, 0.05) is 38.2 Å². The van der Waals surface area contributed by atoms with E-state index in [0.29, 0.717) is 13.0 Å². The topological polar surface area (TPSA) is 79.3 Å². The summed E-state index contributed by atoms with van der Waals surface area (Å²) in [4.78, 5) is 25.9. The number of amides is 1. The molecule has 2 aromatic rings. The molecule has 1 atom stereocenters. The second-order valence-corrected chi connectivity index (χ2v) is 6.10. The lowest BCUT2D eigenvalue weighted by Gasteiger charge is -2.18. The Morgan fingerprint density at radius 2 is 1.92 bits per heavy atom. The van der Waals surface area contributed by atoms with E-state index in [4.69, 9.17) is 5.11 Å². The predicted octanol–water partition coefficient (Wildman–Crippen LogP) is 3.15. The van der Waals surface area contributed by atoms with Crippen LogP contribution < -0.4 is 5.32 Å². The zero-order valence-corrected chi connectivity index (χ0v) is 14.4. The van der Waals surface area contributed by atoms with Crippen LogP contribution in [-0.4, -0.2) is 28.5 Å². The Morgan fingerprint density at radius 1 is 1.16 bits per heavy atom. The fourth-order valence-electron chi connectivity index (χ4n) is 2.86. The maximum atomic E-state index is 10.9. The molecule has 0 aliphatic rings. The maximum Gasteiger partial charge on any atom is 0.303 e. The number of pyridine rings is 1. The first-order valence-corrected chi connectivity index (χ1v) is 8.51. The minimum absolute atomic E-state index is 0.0216. The molecule has 5 nitrogen and oxygen atoms in total. The number of nitrogens with one attached hydrogen (secondary N) is 1. The highest BCUT2D eigenvalue weighted by molar-refractivity contribution is 5.72. The number of hydrogen-bond donors (Lipinski definition) is 2. The van der Waals surface area contributed by atoms with Crippen molar-refractivity contribution in [1.82, 2.24) is 10.3 Å². The molecule has 0 saturated carbocycles. The van der Waals surface area contributed by atoms with E-state index in [-0.39, 0.29) is 18.2 Å². The average Bonchev–Trinajstić information content (AvgIpc) is 2.60. The standard InChI is InChI=1S/C20H24N2O3/c1-15(23)22-13-11-16-7-9-17(10-8-16)19(5-2-6-20(24)25)18-4-3-12-21-14-18/h3-4,7-10,12,14,19H,2,5-6,11,13H2,1H3,(H,22,23)(H,24,25). The molecule has 0 bridgehead atoms. The van der Waals surface area contributed by atoms with Crippen molar-refractivity contribution in [2.45, 2.75) is 38.5 Å². The second-order valence-electron chi connectivity index (χ2n) is 6.10. The summed E-state index contributed by atoms with van der Waals surface area (Å²) in [6.45, 7) is 2.14. The molecular weight excluding hydrogens is 316 g/mol. The monoisotopic (exact) mass is 340 g/mol. The Labute approximate surface area is 148 Å². The van der Waals surface area contributed by atoms with Crippen molar-refractivity contribution in [2.24, 2.45) is 0 Å². The maximum absolute atomic E-state index is 10.9. The minimum atomic E-state index is -0.766. The van der Waals surface area contributed by atoms with E-state index >= 15 is 0 Å². The van der Waals surface area contributed by atoms with Crippen LogP contribution in [-0.2, 0) is 16.0 Å². The van der Waals surface area contributed by atoms with E-state index < -0.39 is 5.97 Å². The summed E-state index contributed by atoms with van der Waals surface area (Å²) in [6, 6.07) is 12.2. The van der Waals surface area contributed by atoms with E-state index in [0.717, 1.165) is 29.5 Å². The SMILES string of the molecule is CC(=O)NCCc1ccc(C(CCCC(=O)O)c2cccnc2)cc1. The lowest BCUT2D eigenvalue weighted by atomic mass is 9.87. The van der Waals surface area contributed by atoms with Gasteiger partial charge in [0.05, 0.1) is 0 Å². The van der Waals surface area contributed by atoms with Gasteiger partial charge in [-0.15, -0.1) is 0 Å². The number of carboxylic acids is 1. The van der Waals surface area contributed by atoms with Crippen LogP contribution >= 0.6 is 0 Å². The highest BCUT2D eigenvalue weighted by Gasteiger charge is 2.15. The van der Waals surface area contributed by atoms with Crippen molar-refractivity contribution < 1.29 is 14.7 Å². The van der Waals surface area contributed by atoms with Crippen molar-refractivity contribution in [1.29, 1.82) is 0 Å². The molecule has 1 aromatic heterocycles. The third kappa shape index (κ3) is 6.37. The van der Waals surface area contributed by atoms with Crippen LogP contribution in [0.15, 0.2) is 48.8 Å². The summed E-state index contributed by atoms with van der Waals surface area (Å²) >= 11 is 0. The van der Waals surface area contributed by atoms with Gasteiger partial charge in [0.1, 0.15) is 0 Å². The Bertz CT molecular complexity index is 684. The Morgan fingerprint density at radius 3 is 2.52 bits per heavy atom. The molecule has 1 unspecified atom stereocenters. The fraction of sp³-hybridized carbons (Fsp3) is 0.350. The van der Waals surface area contributed by atoms with E-state index in [1.807, 2.05) is 18.3 Å². The van der Waals surface area contributed by atoms with Crippen LogP contribution in [0.2, 0.25) is 0 Å². The molecule has 0 spiro atoms. The Hall–Kier alpha value is -2.69. The zero-order chi connectivity index (χ0) is 18.1. The molecule has 2 rings (SSSR count). The summed E-state index contributed by atoms with van der Waals surface area (Å²) in [5, 5.41) is 11.7. The van der Waals surface area contributed by atoms with Crippen LogP contribution in [0.5, 0.6) is 0 Å². The molecule has 1 aromatic carbocycles.